The highest BCUT2D eigenvalue weighted by atomic mass is 16.5. The third kappa shape index (κ3) is 3.69. The molecule has 1 saturated carbocycles. The molecule has 0 heterocycles. The molecular weight excluding hydrogens is 332 g/mol. The summed E-state index contributed by atoms with van der Waals surface area (Å²) in [4.78, 5) is 12.6. The van der Waals surface area contributed by atoms with Gasteiger partial charge in [0.15, 0.2) is 11.5 Å². The molecule has 2 aliphatic rings. The maximum Gasteiger partial charge on any atom is 0.271 e. The van der Waals surface area contributed by atoms with Gasteiger partial charge in [-0.15, -0.1) is 0 Å². The van der Waals surface area contributed by atoms with Gasteiger partial charge in [0.05, 0.1) is 19.8 Å². The third-order valence-electron chi connectivity index (χ3n) is 4.64. The molecule has 0 radical (unpaired) electrons. The lowest BCUT2D eigenvalue weighted by Gasteiger charge is -2.31. The van der Waals surface area contributed by atoms with Crippen molar-refractivity contribution < 1.29 is 19.0 Å². The predicted molar refractivity (Wildman–Crippen MR) is 100 cm³/mol. The van der Waals surface area contributed by atoms with E-state index in [1.54, 1.807) is 12.1 Å². The molecule has 6 heteroatoms. The molecule has 1 aromatic carbocycles. The summed E-state index contributed by atoms with van der Waals surface area (Å²) in [7, 11) is 0. The first-order valence-corrected chi connectivity index (χ1v) is 9.27. The Morgan fingerprint density at radius 2 is 1.77 bits per heavy atom. The van der Waals surface area contributed by atoms with Crippen LogP contribution in [0.4, 0.5) is 0 Å². The number of nitrogens with one attached hydrogen (secondary N) is 1. The minimum absolute atomic E-state index is 0.281. The highest BCUT2D eigenvalue weighted by Gasteiger charge is 2.38. The summed E-state index contributed by atoms with van der Waals surface area (Å²) in [5.41, 5.74) is 4.17. The van der Waals surface area contributed by atoms with Crippen molar-refractivity contribution in [3.8, 4) is 17.2 Å². The van der Waals surface area contributed by atoms with E-state index in [4.69, 9.17) is 14.2 Å². The molecule has 0 bridgehead atoms. The molecule has 0 spiro atoms. The molecule has 1 fully saturated rings. The number of rotatable bonds is 8. The number of amides is 1. The lowest BCUT2D eigenvalue weighted by molar-refractivity contribution is 0.0952. The summed E-state index contributed by atoms with van der Waals surface area (Å²) in [6, 6.07) is 3.35. The van der Waals surface area contributed by atoms with Crippen LogP contribution >= 0.6 is 0 Å². The van der Waals surface area contributed by atoms with E-state index in [0.717, 1.165) is 18.6 Å². The molecule has 140 valence electrons. The molecule has 0 aromatic heterocycles. The number of allylic oxidation sites excluding steroid dienone is 2. The molecular formula is C20H26N2O4. The second-order valence-corrected chi connectivity index (χ2v) is 6.28. The highest BCUT2D eigenvalue weighted by Crippen LogP contribution is 2.40. The number of hydrazone groups is 1. The van der Waals surface area contributed by atoms with Gasteiger partial charge in [0, 0.05) is 17.2 Å². The van der Waals surface area contributed by atoms with E-state index >= 15 is 0 Å². The fourth-order valence-electron chi connectivity index (χ4n) is 3.37. The molecule has 26 heavy (non-hydrogen) atoms. The average molecular weight is 358 g/mol. The maximum atomic E-state index is 12.6. The Hall–Kier alpha value is -2.50. The molecule has 2 aliphatic carbocycles. The van der Waals surface area contributed by atoms with Crippen LogP contribution in [0.25, 0.3) is 0 Å². The van der Waals surface area contributed by atoms with Gasteiger partial charge in [0.2, 0.25) is 5.75 Å². The van der Waals surface area contributed by atoms with Gasteiger partial charge in [0.1, 0.15) is 0 Å². The van der Waals surface area contributed by atoms with Gasteiger partial charge >= 0.3 is 0 Å². The molecule has 0 aliphatic heterocycles. The highest BCUT2D eigenvalue weighted by molar-refractivity contribution is 5.98. The standard InChI is InChI=1S/C20H26N2O4/c1-4-24-17-11-14(12-18(25-5-2)19(17)26-6-3)20(23)22-21-16-10-13-8-7-9-15(13)16/h7-8,11-13,15H,4-6,9-10H2,1-3H3,(H,22,23)/b21-16+/t13-,15-/m1/s1. The quantitative estimate of drug-likeness (QED) is 0.570. The summed E-state index contributed by atoms with van der Waals surface area (Å²) < 4.78 is 17.0. The second kappa shape index (κ2) is 8.25. The Bertz CT molecular complexity index is 700. The Morgan fingerprint density at radius 1 is 1.12 bits per heavy atom. The molecule has 6 nitrogen and oxygen atoms in total. The van der Waals surface area contributed by atoms with Crippen LogP contribution in [0.1, 0.15) is 44.0 Å². The number of carbonyl (C=O) groups excluding carboxylic acids is 1. The summed E-state index contributed by atoms with van der Waals surface area (Å²) in [6.07, 6.45) is 6.38. The summed E-state index contributed by atoms with van der Waals surface area (Å²) in [5, 5.41) is 4.32. The first-order valence-electron chi connectivity index (χ1n) is 9.27. The number of carbonyl (C=O) groups is 1. The Kier molecular flexibility index (Phi) is 5.81. The normalized spacial score (nSPS) is 21.9. The van der Waals surface area contributed by atoms with Gasteiger partial charge in [-0.05, 0) is 51.7 Å². The molecule has 1 N–H and O–H groups in total. The van der Waals surface area contributed by atoms with Crippen LogP contribution in [-0.2, 0) is 0 Å². The Balaban J connectivity index is 1.79. The van der Waals surface area contributed by atoms with E-state index in [1.165, 1.54) is 0 Å². The van der Waals surface area contributed by atoms with Crippen molar-refractivity contribution in [2.24, 2.45) is 16.9 Å². The van der Waals surface area contributed by atoms with E-state index in [9.17, 15) is 4.79 Å². The maximum absolute atomic E-state index is 12.6. The number of nitrogens with zero attached hydrogens (tertiary/aromatic N) is 1. The van der Waals surface area contributed by atoms with Crippen LogP contribution in [-0.4, -0.2) is 31.4 Å². The SMILES string of the molecule is CCOc1cc(C(=O)N/N=C2\C[C@H]3C=CC[C@@H]23)cc(OCC)c1OCC. The van der Waals surface area contributed by atoms with Crippen LogP contribution in [0.2, 0.25) is 0 Å². The van der Waals surface area contributed by atoms with Gasteiger partial charge in [-0.25, -0.2) is 5.43 Å². The van der Waals surface area contributed by atoms with Crippen molar-refractivity contribution in [1.82, 2.24) is 5.43 Å². The summed E-state index contributed by atoms with van der Waals surface area (Å²) in [6.45, 7) is 7.08. The zero-order valence-electron chi connectivity index (χ0n) is 15.6. The molecule has 0 unspecified atom stereocenters. The minimum Gasteiger partial charge on any atom is -0.490 e. The number of ether oxygens (including phenoxy) is 3. The first-order chi connectivity index (χ1) is 12.7. The van der Waals surface area contributed by atoms with Crippen molar-refractivity contribution in [3.05, 3.63) is 29.8 Å². The fraction of sp³-hybridized carbons (Fsp3) is 0.500. The second-order valence-electron chi connectivity index (χ2n) is 6.28. The number of hydrogen-bond acceptors (Lipinski definition) is 5. The van der Waals surface area contributed by atoms with Crippen LogP contribution in [0, 0.1) is 11.8 Å². The topological polar surface area (TPSA) is 69.2 Å². The van der Waals surface area contributed by atoms with Crippen LogP contribution < -0.4 is 19.6 Å². The van der Waals surface area contributed by atoms with E-state index < -0.39 is 0 Å². The lowest BCUT2D eigenvalue weighted by atomic mass is 9.74. The van der Waals surface area contributed by atoms with Gasteiger partial charge in [-0.2, -0.15) is 5.10 Å². The average Bonchev–Trinajstić information content (AvgIpc) is 2.99. The molecule has 2 atom stereocenters. The van der Waals surface area contributed by atoms with Crippen LogP contribution in [0.15, 0.2) is 29.4 Å². The largest absolute Gasteiger partial charge is 0.490 e. The number of benzene rings is 1. The zero-order chi connectivity index (χ0) is 18.5. The van der Waals surface area contributed by atoms with Crippen molar-refractivity contribution in [1.29, 1.82) is 0 Å². The van der Waals surface area contributed by atoms with Gasteiger partial charge in [-0.3, -0.25) is 4.79 Å². The van der Waals surface area contributed by atoms with Crippen LogP contribution in [0.3, 0.4) is 0 Å². The van der Waals surface area contributed by atoms with Crippen molar-refractivity contribution in [3.63, 3.8) is 0 Å². The van der Waals surface area contributed by atoms with E-state index in [-0.39, 0.29) is 5.91 Å². The smallest absolute Gasteiger partial charge is 0.271 e. The van der Waals surface area contributed by atoms with Crippen molar-refractivity contribution in [2.75, 3.05) is 19.8 Å². The van der Waals surface area contributed by atoms with Crippen molar-refractivity contribution >= 4 is 11.6 Å². The molecule has 1 aromatic rings. The molecule has 0 saturated heterocycles. The van der Waals surface area contributed by atoms with Crippen LogP contribution in [0.5, 0.6) is 17.2 Å². The third-order valence-corrected chi connectivity index (χ3v) is 4.64. The minimum atomic E-state index is -0.281. The monoisotopic (exact) mass is 358 g/mol. The predicted octanol–water partition coefficient (Wildman–Crippen LogP) is 3.56. The fourth-order valence-corrected chi connectivity index (χ4v) is 3.37. The lowest BCUT2D eigenvalue weighted by Crippen LogP contribution is -2.35. The number of fused-ring (bicyclic) bond motifs is 1. The van der Waals surface area contributed by atoms with Gasteiger partial charge in [-0.1, -0.05) is 12.2 Å². The van der Waals surface area contributed by atoms with E-state index in [0.29, 0.717) is 54.5 Å². The Labute approximate surface area is 154 Å². The number of hydrogen-bond donors (Lipinski definition) is 1. The first kappa shape index (κ1) is 18.3. The van der Waals surface area contributed by atoms with Gasteiger partial charge < -0.3 is 14.2 Å². The summed E-state index contributed by atoms with van der Waals surface area (Å²) >= 11 is 0. The molecule has 1 amide bonds. The summed E-state index contributed by atoms with van der Waals surface area (Å²) in [5.74, 6) is 2.32. The van der Waals surface area contributed by atoms with Crippen molar-refractivity contribution in [2.45, 2.75) is 33.6 Å². The molecule has 3 rings (SSSR count). The Morgan fingerprint density at radius 3 is 2.35 bits per heavy atom. The van der Waals surface area contributed by atoms with E-state index in [2.05, 4.69) is 22.7 Å². The van der Waals surface area contributed by atoms with E-state index in [1.807, 2.05) is 20.8 Å². The zero-order valence-corrected chi connectivity index (χ0v) is 15.6. The van der Waals surface area contributed by atoms with Gasteiger partial charge in [0.25, 0.3) is 5.91 Å².